The predicted molar refractivity (Wildman–Crippen MR) is 194 cm³/mol. The number of benzene rings is 3. The fourth-order valence-corrected chi connectivity index (χ4v) is 5.16. The van der Waals surface area contributed by atoms with Gasteiger partial charge in [0, 0.05) is 42.3 Å². The maximum absolute atomic E-state index is 14.9. The summed E-state index contributed by atoms with van der Waals surface area (Å²) in [6.45, 7) is 9.72. The second kappa shape index (κ2) is 19.5. The summed E-state index contributed by atoms with van der Waals surface area (Å²) >= 11 is 0. The zero-order valence-corrected chi connectivity index (χ0v) is 29.0. The van der Waals surface area contributed by atoms with Gasteiger partial charge in [-0.05, 0) is 53.4 Å². The standard InChI is InChI=1S/C25H16F4N4O3S.C5H10BNO2.2C2H6.CH4/c26-22-10-7-17(11-20(22)15-12-31-14-32-13-15)24(21-4-2-1-3-19(21)23(30)33-24)16-5-8-18(9-6-16)36-37(34,35)25(27,28)29;1-3-5(4-7-2)6(8)9;2*1-2;/h1-14H,(H2,30,33);3-4,8-9H,1-2H3;2*1-2H3;1H4/b;5-3+,7-4?;;;. The third-order valence-corrected chi connectivity index (χ3v) is 7.79. The summed E-state index contributed by atoms with van der Waals surface area (Å²) < 4.78 is 80.2. The Morgan fingerprint density at radius 2 is 1.51 bits per heavy atom. The van der Waals surface area contributed by atoms with E-state index in [1.807, 2.05) is 27.7 Å². The molecule has 0 fully saturated rings. The number of hydrogen-bond donors (Lipinski definition) is 3. The molecule has 0 radical (unpaired) electrons. The average molecular weight is 732 g/mol. The van der Waals surface area contributed by atoms with Gasteiger partial charge < -0.3 is 20.0 Å². The van der Waals surface area contributed by atoms with Gasteiger partial charge in [-0.25, -0.2) is 19.4 Å². The lowest BCUT2D eigenvalue weighted by atomic mass is 9.77. The first-order valence-electron chi connectivity index (χ1n) is 15.3. The molecule has 0 saturated heterocycles. The number of nitrogens with zero attached hydrogens (tertiary/aromatic N) is 4. The second-order valence-electron chi connectivity index (χ2n) is 9.63. The average Bonchev–Trinajstić information content (AvgIpc) is 3.42. The molecule has 51 heavy (non-hydrogen) atoms. The summed E-state index contributed by atoms with van der Waals surface area (Å²) in [6, 6.07) is 16.4. The SMILES string of the molecule is C.C/C=C(\C=NC)B(O)O.CC.CC.NC1=NC(c2ccc(OS(=O)(=O)C(F)(F)F)cc2)(c2ccc(F)c(-c3cncnc3)c2)c2ccccc21. The first-order chi connectivity index (χ1) is 23.7. The van der Waals surface area contributed by atoms with Crippen LogP contribution < -0.4 is 9.92 Å². The molecule has 4 aromatic rings. The monoisotopic (exact) mass is 731 g/mol. The van der Waals surface area contributed by atoms with Gasteiger partial charge in [-0.15, -0.1) is 0 Å². The van der Waals surface area contributed by atoms with Gasteiger partial charge in [0.25, 0.3) is 0 Å². The molecule has 5 rings (SSSR count). The van der Waals surface area contributed by atoms with E-state index in [1.54, 1.807) is 50.4 Å². The largest absolute Gasteiger partial charge is 0.534 e. The molecule has 0 saturated carbocycles. The number of nitrogens with two attached hydrogens (primary N) is 1. The van der Waals surface area contributed by atoms with Crippen LogP contribution in [0.15, 0.2) is 107 Å². The van der Waals surface area contributed by atoms with E-state index in [-0.39, 0.29) is 18.8 Å². The number of allylic oxidation sites excluding steroid dienone is 2. The number of fused-ring (bicyclic) bond motifs is 1. The Balaban J connectivity index is 0.000000806. The van der Waals surface area contributed by atoms with Crippen LogP contribution in [0.25, 0.3) is 11.1 Å². The van der Waals surface area contributed by atoms with Crippen LogP contribution in [0.5, 0.6) is 5.75 Å². The molecule has 0 bridgehead atoms. The van der Waals surface area contributed by atoms with Crippen LogP contribution >= 0.6 is 0 Å². The van der Waals surface area contributed by atoms with Gasteiger partial charge in [-0.1, -0.05) is 83.7 Å². The van der Waals surface area contributed by atoms with Crippen LogP contribution in [-0.2, 0) is 15.7 Å². The minimum absolute atomic E-state index is 0. The highest BCUT2D eigenvalue weighted by Crippen LogP contribution is 2.47. The molecule has 0 spiro atoms. The highest BCUT2D eigenvalue weighted by molar-refractivity contribution is 7.88. The molecule has 1 aliphatic heterocycles. The first kappa shape index (κ1) is 44.1. The Morgan fingerprint density at radius 3 is 2.02 bits per heavy atom. The van der Waals surface area contributed by atoms with Crippen molar-refractivity contribution in [1.29, 1.82) is 0 Å². The minimum atomic E-state index is -5.85. The second-order valence-corrected chi connectivity index (χ2v) is 11.2. The van der Waals surface area contributed by atoms with E-state index in [0.29, 0.717) is 33.3 Å². The van der Waals surface area contributed by atoms with Crippen LogP contribution in [-0.4, -0.2) is 60.2 Å². The smallest absolute Gasteiger partial charge is 0.423 e. The van der Waals surface area contributed by atoms with Crippen LogP contribution in [0, 0.1) is 5.82 Å². The van der Waals surface area contributed by atoms with E-state index in [4.69, 9.17) is 20.8 Å². The number of halogens is 4. The lowest BCUT2D eigenvalue weighted by Crippen LogP contribution is -2.28. The molecule has 0 aliphatic carbocycles. The molecule has 4 N–H and O–H groups in total. The molecule has 1 aliphatic rings. The van der Waals surface area contributed by atoms with Crippen molar-refractivity contribution in [2.75, 3.05) is 7.05 Å². The van der Waals surface area contributed by atoms with E-state index in [2.05, 4.69) is 19.1 Å². The molecular formula is C35H42BF4N5O5S. The third-order valence-electron chi connectivity index (χ3n) is 6.81. The van der Waals surface area contributed by atoms with Gasteiger partial charge in [-0.3, -0.25) is 4.99 Å². The third kappa shape index (κ3) is 10.1. The van der Waals surface area contributed by atoms with Crippen molar-refractivity contribution in [1.82, 2.24) is 9.97 Å². The Labute approximate surface area is 296 Å². The number of aromatic nitrogens is 2. The maximum Gasteiger partial charge on any atom is 0.534 e. The van der Waals surface area contributed by atoms with Crippen LogP contribution in [0.3, 0.4) is 0 Å². The normalized spacial score (nSPS) is 15.0. The van der Waals surface area contributed by atoms with E-state index in [0.717, 1.165) is 12.1 Å². The molecule has 1 aromatic heterocycles. The van der Waals surface area contributed by atoms with Gasteiger partial charge in [0.1, 0.15) is 29.3 Å². The van der Waals surface area contributed by atoms with Crippen molar-refractivity contribution in [2.24, 2.45) is 15.7 Å². The predicted octanol–water partition coefficient (Wildman–Crippen LogP) is 6.86. The Hall–Kier alpha value is -4.93. The number of rotatable bonds is 7. The molecule has 274 valence electrons. The fourth-order valence-electron chi connectivity index (χ4n) is 4.70. The van der Waals surface area contributed by atoms with E-state index in [9.17, 15) is 26.0 Å². The zero-order chi connectivity index (χ0) is 37.7. The fraction of sp³-hybridized carbons (Fsp3) is 0.257. The van der Waals surface area contributed by atoms with E-state index >= 15 is 0 Å². The summed E-state index contributed by atoms with van der Waals surface area (Å²) in [4.78, 5) is 16.2. The van der Waals surface area contributed by atoms with Crippen LogP contribution in [0.4, 0.5) is 17.6 Å². The highest BCUT2D eigenvalue weighted by atomic mass is 32.2. The molecule has 3 aromatic carbocycles. The molecule has 2 heterocycles. The number of hydrogen-bond acceptors (Lipinski definition) is 10. The van der Waals surface area contributed by atoms with Gasteiger partial charge in [-0.2, -0.15) is 21.6 Å². The molecule has 0 amide bonds. The highest BCUT2D eigenvalue weighted by Gasteiger charge is 2.49. The molecule has 10 nitrogen and oxygen atoms in total. The summed E-state index contributed by atoms with van der Waals surface area (Å²) in [5.41, 5.74) is 2.59. The molecule has 1 unspecified atom stereocenters. The number of alkyl halides is 3. The van der Waals surface area contributed by atoms with Crippen molar-refractivity contribution < 1.29 is 40.2 Å². The zero-order valence-electron chi connectivity index (χ0n) is 28.2. The van der Waals surface area contributed by atoms with Gasteiger partial charge in [0.2, 0.25) is 0 Å². The Bertz CT molecular complexity index is 1910. The van der Waals surface area contributed by atoms with Crippen LogP contribution in [0.2, 0.25) is 0 Å². The van der Waals surface area contributed by atoms with E-state index < -0.39 is 39.9 Å². The summed E-state index contributed by atoms with van der Waals surface area (Å²) in [7, 11) is -5.68. The molecule has 16 heteroatoms. The van der Waals surface area contributed by atoms with Gasteiger partial charge in [0.15, 0.2) is 0 Å². The maximum atomic E-state index is 14.9. The van der Waals surface area contributed by atoms with Crippen molar-refractivity contribution in [3.63, 3.8) is 0 Å². The summed E-state index contributed by atoms with van der Waals surface area (Å²) in [5.74, 6) is -0.872. The topological polar surface area (TPSA) is 160 Å². The molecular weight excluding hydrogens is 689 g/mol. The van der Waals surface area contributed by atoms with Crippen LogP contribution in [0.1, 0.15) is 64.3 Å². The summed E-state index contributed by atoms with van der Waals surface area (Å²) in [6.07, 6.45) is 7.22. The lowest BCUT2D eigenvalue weighted by molar-refractivity contribution is -0.0500. The van der Waals surface area contributed by atoms with Crippen molar-refractivity contribution in [3.05, 3.63) is 125 Å². The quantitative estimate of drug-likeness (QED) is 0.0612. The lowest BCUT2D eigenvalue weighted by Gasteiger charge is -2.30. The Kier molecular flexibility index (Phi) is 16.8. The number of aliphatic imine (C=N–C) groups is 2. The van der Waals surface area contributed by atoms with Gasteiger partial charge >= 0.3 is 22.7 Å². The summed E-state index contributed by atoms with van der Waals surface area (Å²) in [5, 5.41) is 17.1. The van der Waals surface area contributed by atoms with Crippen molar-refractivity contribution >= 4 is 29.3 Å². The van der Waals surface area contributed by atoms with Gasteiger partial charge in [0.05, 0.1) is 0 Å². The first-order valence-corrected chi connectivity index (χ1v) is 16.7. The van der Waals surface area contributed by atoms with Crippen molar-refractivity contribution in [2.45, 2.75) is 53.1 Å². The Morgan fingerprint density at radius 1 is 0.941 bits per heavy atom. The molecule has 1 atom stereocenters. The minimum Gasteiger partial charge on any atom is -0.423 e. The van der Waals surface area contributed by atoms with E-state index in [1.165, 1.54) is 49.2 Å². The number of amidine groups is 1. The van der Waals surface area contributed by atoms with Crippen molar-refractivity contribution in [3.8, 4) is 16.9 Å².